The Morgan fingerprint density at radius 3 is 2.48 bits per heavy atom. The lowest BCUT2D eigenvalue weighted by Gasteiger charge is -2.08. The smallest absolute Gasteiger partial charge is 0.284 e. The maximum Gasteiger partial charge on any atom is 0.284 e. The van der Waals surface area contributed by atoms with Gasteiger partial charge in [-0.25, -0.2) is 4.68 Å². The number of benzene rings is 2. The molecule has 9 heteroatoms. The first kappa shape index (κ1) is 19.2. The topological polar surface area (TPSA) is 89.1 Å². The highest BCUT2D eigenvalue weighted by Gasteiger charge is 2.14. The average molecular weight is 432 g/mol. The summed E-state index contributed by atoms with van der Waals surface area (Å²) in [7, 11) is 1.56. The summed E-state index contributed by atoms with van der Waals surface area (Å²) in [5.41, 5.74) is 0.508. The molecule has 2 heterocycles. The molecule has 2 aromatic carbocycles. The van der Waals surface area contributed by atoms with E-state index in [2.05, 4.69) is 10.1 Å². The maximum absolute atomic E-state index is 12.7. The first-order chi connectivity index (χ1) is 14.0. The fraction of sp³-hybridized carbons (Fsp3) is 0.100. The second-order valence-electron chi connectivity index (χ2n) is 6.22. The Hall–Kier alpha value is -3.16. The Labute approximate surface area is 174 Å². The number of aromatic nitrogens is 3. The zero-order chi connectivity index (χ0) is 20.5. The molecule has 0 atom stereocenters. The molecule has 4 rings (SSSR count). The van der Waals surface area contributed by atoms with Gasteiger partial charge in [0.25, 0.3) is 5.56 Å². The molecule has 0 unspecified atom stereocenters. The lowest BCUT2D eigenvalue weighted by molar-refractivity contribution is 0.302. The van der Waals surface area contributed by atoms with E-state index in [1.165, 1.54) is 10.7 Å². The fourth-order valence-electron chi connectivity index (χ4n) is 2.92. The van der Waals surface area contributed by atoms with E-state index in [4.69, 9.17) is 32.7 Å². The third-order valence-corrected chi connectivity index (χ3v) is 4.87. The van der Waals surface area contributed by atoms with Gasteiger partial charge in [-0.3, -0.25) is 14.7 Å². The number of ether oxygens (including phenoxy) is 2. The Bertz CT molecular complexity index is 1310. The average Bonchev–Trinajstić information content (AvgIpc) is 3.04. The Morgan fingerprint density at radius 2 is 1.79 bits per heavy atom. The molecule has 29 heavy (non-hydrogen) atoms. The summed E-state index contributed by atoms with van der Waals surface area (Å²) >= 11 is 12.0. The molecule has 2 aromatic heterocycles. The SMILES string of the molecule is COc1ccc(-n2[nH]c3[nH]c(COc4ccc(Cl)cc4Cl)cc(=O)c3c2=O)cc1. The Morgan fingerprint density at radius 1 is 1.03 bits per heavy atom. The standard InChI is InChI=1S/C20H15Cl2N3O4/c1-28-14-5-3-13(4-6-14)25-20(27)18-16(26)9-12(23-19(18)24-25)10-29-17-7-2-11(21)8-15(17)22/h2-9H,10H2,1H3,(H2,23,24,26). The quantitative estimate of drug-likeness (QED) is 0.501. The number of hydrogen-bond acceptors (Lipinski definition) is 4. The highest BCUT2D eigenvalue weighted by molar-refractivity contribution is 6.35. The number of methoxy groups -OCH3 is 1. The van der Waals surface area contributed by atoms with E-state index in [-0.39, 0.29) is 12.0 Å². The van der Waals surface area contributed by atoms with Crippen molar-refractivity contribution in [2.24, 2.45) is 0 Å². The normalized spacial score (nSPS) is 11.0. The van der Waals surface area contributed by atoms with Gasteiger partial charge >= 0.3 is 0 Å². The summed E-state index contributed by atoms with van der Waals surface area (Å²) < 4.78 is 12.1. The van der Waals surface area contributed by atoms with Crippen LogP contribution in [0.25, 0.3) is 16.7 Å². The van der Waals surface area contributed by atoms with E-state index < -0.39 is 11.0 Å². The van der Waals surface area contributed by atoms with Crippen LogP contribution >= 0.6 is 23.2 Å². The van der Waals surface area contributed by atoms with Crippen molar-refractivity contribution in [1.82, 2.24) is 14.8 Å². The molecule has 0 saturated carbocycles. The first-order valence-electron chi connectivity index (χ1n) is 8.55. The molecular formula is C20H15Cl2N3O4. The second kappa shape index (κ2) is 7.69. The number of H-pyrrole nitrogens is 2. The molecule has 0 amide bonds. The van der Waals surface area contributed by atoms with Gasteiger partial charge in [-0.05, 0) is 42.5 Å². The number of nitrogens with one attached hydrogen (secondary N) is 2. The zero-order valence-corrected chi connectivity index (χ0v) is 16.7. The largest absolute Gasteiger partial charge is 0.497 e. The predicted molar refractivity (Wildman–Crippen MR) is 112 cm³/mol. The first-order valence-corrected chi connectivity index (χ1v) is 9.31. The second-order valence-corrected chi connectivity index (χ2v) is 7.07. The van der Waals surface area contributed by atoms with Crippen molar-refractivity contribution in [3.05, 3.63) is 84.8 Å². The van der Waals surface area contributed by atoms with Crippen molar-refractivity contribution in [2.45, 2.75) is 6.61 Å². The van der Waals surface area contributed by atoms with Gasteiger partial charge in [-0.1, -0.05) is 23.2 Å². The van der Waals surface area contributed by atoms with Crippen LogP contribution in [0.1, 0.15) is 5.69 Å². The van der Waals surface area contributed by atoms with Crippen LogP contribution in [-0.4, -0.2) is 21.9 Å². The van der Waals surface area contributed by atoms with Crippen LogP contribution in [0.2, 0.25) is 10.0 Å². The molecule has 0 spiro atoms. The minimum Gasteiger partial charge on any atom is -0.497 e. The van der Waals surface area contributed by atoms with Crippen molar-refractivity contribution in [3.63, 3.8) is 0 Å². The molecule has 0 bridgehead atoms. The summed E-state index contributed by atoms with van der Waals surface area (Å²) in [6.45, 7) is 0.0578. The third-order valence-electron chi connectivity index (χ3n) is 4.34. The molecule has 4 aromatic rings. The minimum absolute atomic E-state index is 0.0362. The van der Waals surface area contributed by atoms with E-state index in [0.717, 1.165) is 0 Å². The highest BCUT2D eigenvalue weighted by Crippen LogP contribution is 2.28. The van der Waals surface area contributed by atoms with Gasteiger partial charge in [0.1, 0.15) is 29.1 Å². The molecule has 0 aliphatic heterocycles. The Kier molecular flexibility index (Phi) is 5.08. The van der Waals surface area contributed by atoms with E-state index in [0.29, 0.717) is 38.6 Å². The summed E-state index contributed by atoms with van der Waals surface area (Å²) in [5.74, 6) is 1.09. The number of rotatable bonds is 5. The summed E-state index contributed by atoms with van der Waals surface area (Å²) in [5, 5.41) is 3.82. The van der Waals surface area contributed by atoms with Gasteiger partial charge in [0.05, 0.1) is 23.5 Å². The van der Waals surface area contributed by atoms with Crippen LogP contribution in [-0.2, 0) is 6.61 Å². The lowest BCUT2D eigenvalue weighted by atomic mass is 10.3. The molecule has 148 valence electrons. The Balaban J connectivity index is 1.67. The summed E-state index contributed by atoms with van der Waals surface area (Å²) in [4.78, 5) is 28.2. The number of fused-ring (bicyclic) bond motifs is 1. The van der Waals surface area contributed by atoms with E-state index in [1.807, 2.05) is 0 Å². The zero-order valence-electron chi connectivity index (χ0n) is 15.2. The van der Waals surface area contributed by atoms with Crippen molar-refractivity contribution >= 4 is 34.2 Å². The van der Waals surface area contributed by atoms with Crippen molar-refractivity contribution < 1.29 is 9.47 Å². The number of halogens is 2. The lowest BCUT2D eigenvalue weighted by Crippen LogP contribution is -2.18. The molecular weight excluding hydrogens is 417 g/mol. The van der Waals surface area contributed by atoms with Crippen molar-refractivity contribution in [2.75, 3.05) is 7.11 Å². The van der Waals surface area contributed by atoms with Gasteiger partial charge in [-0.2, -0.15) is 0 Å². The molecule has 0 fully saturated rings. The van der Waals surface area contributed by atoms with Crippen LogP contribution in [0.3, 0.4) is 0 Å². The van der Waals surface area contributed by atoms with E-state index in [9.17, 15) is 9.59 Å². The van der Waals surface area contributed by atoms with Gasteiger partial charge < -0.3 is 14.5 Å². The van der Waals surface area contributed by atoms with Crippen LogP contribution in [0.5, 0.6) is 11.5 Å². The van der Waals surface area contributed by atoms with Crippen LogP contribution in [0.4, 0.5) is 0 Å². The number of nitrogens with zero attached hydrogens (tertiary/aromatic N) is 1. The summed E-state index contributed by atoms with van der Waals surface area (Å²) in [6, 6.07) is 13.1. The molecule has 0 aliphatic carbocycles. The van der Waals surface area contributed by atoms with Gasteiger partial charge in [0, 0.05) is 11.1 Å². The minimum atomic E-state index is -0.445. The molecule has 0 radical (unpaired) electrons. The monoisotopic (exact) mass is 431 g/mol. The molecule has 0 aliphatic rings. The van der Waals surface area contributed by atoms with Gasteiger partial charge in [0.15, 0.2) is 5.43 Å². The summed E-state index contributed by atoms with van der Waals surface area (Å²) in [6.07, 6.45) is 0. The van der Waals surface area contributed by atoms with Crippen LogP contribution < -0.4 is 20.5 Å². The fourth-order valence-corrected chi connectivity index (χ4v) is 3.38. The molecule has 0 saturated heterocycles. The third kappa shape index (κ3) is 3.74. The van der Waals surface area contributed by atoms with Gasteiger partial charge in [-0.15, -0.1) is 0 Å². The molecule has 2 N–H and O–H groups in total. The number of hydrogen-bond donors (Lipinski definition) is 2. The van der Waals surface area contributed by atoms with Crippen LogP contribution in [0, 0.1) is 0 Å². The number of pyridine rings is 1. The van der Waals surface area contributed by atoms with Crippen molar-refractivity contribution in [1.29, 1.82) is 0 Å². The van der Waals surface area contributed by atoms with Gasteiger partial charge in [0.2, 0.25) is 0 Å². The van der Waals surface area contributed by atoms with Crippen molar-refractivity contribution in [3.8, 4) is 17.2 Å². The van der Waals surface area contributed by atoms with E-state index >= 15 is 0 Å². The maximum atomic E-state index is 12.7. The van der Waals surface area contributed by atoms with E-state index in [1.54, 1.807) is 49.6 Å². The molecule has 7 nitrogen and oxygen atoms in total. The number of aromatic amines is 2. The predicted octanol–water partition coefficient (Wildman–Crippen LogP) is 3.90. The van der Waals surface area contributed by atoms with Crippen LogP contribution in [0.15, 0.2) is 58.1 Å². The highest BCUT2D eigenvalue weighted by atomic mass is 35.5.